The molecule has 0 amide bonds. The predicted molar refractivity (Wildman–Crippen MR) is 68.0 cm³/mol. The molecule has 3 nitrogen and oxygen atoms in total. The first kappa shape index (κ1) is 11.6. The fourth-order valence-corrected chi connectivity index (χ4v) is 1.84. The maximum Gasteiger partial charge on any atom is 0.159 e. The average Bonchev–Trinajstić information content (AvgIpc) is 2.78. The van der Waals surface area contributed by atoms with E-state index in [4.69, 9.17) is 0 Å². The van der Waals surface area contributed by atoms with Gasteiger partial charge in [0.1, 0.15) is 5.82 Å². The molecule has 0 saturated carbocycles. The van der Waals surface area contributed by atoms with Crippen molar-refractivity contribution in [2.75, 3.05) is 0 Å². The molecule has 0 aliphatic heterocycles. The summed E-state index contributed by atoms with van der Waals surface area (Å²) in [4.78, 5) is 15.5. The van der Waals surface area contributed by atoms with Gasteiger partial charge in [-0.1, -0.05) is 31.2 Å². The molecule has 1 heterocycles. The third-order valence-electron chi connectivity index (χ3n) is 2.73. The third kappa shape index (κ3) is 2.44. The molecule has 0 atom stereocenters. The molecule has 1 aromatic heterocycles. The minimum atomic E-state index is 0.0912. The van der Waals surface area contributed by atoms with Crippen LogP contribution < -0.4 is 0 Å². The van der Waals surface area contributed by atoms with Crippen molar-refractivity contribution in [2.45, 2.75) is 26.8 Å². The summed E-state index contributed by atoms with van der Waals surface area (Å²) in [5.41, 5.74) is 1.79. The zero-order chi connectivity index (χ0) is 12.3. The van der Waals surface area contributed by atoms with Gasteiger partial charge in [0.05, 0.1) is 0 Å². The molecule has 0 spiro atoms. The largest absolute Gasteiger partial charge is 0.331 e. The number of carbonyl (C=O) groups is 1. The number of ketones is 1. The van der Waals surface area contributed by atoms with Gasteiger partial charge in [-0.2, -0.15) is 0 Å². The second-order valence-electron chi connectivity index (χ2n) is 4.08. The molecular weight excluding hydrogens is 212 g/mol. The molecular formula is C14H16N2O. The highest BCUT2D eigenvalue weighted by Gasteiger charge is 2.06. The quantitative estimate of drug-likeness (QED) is 0.753. The fraction of sp³-hybridized carbons (Fsp3) is 0.286. The molecule has 0 N–H and O–H groups in total. The molecule has 0 radical (unpaired) electrons. The number of hydrogen-bond donors (Lipinski definition) is 0. The maximum absolute atomic E-state index is 11.2. The van der Waals surface area contributed by atoms with E-state index in [1.807, 2.05) is 36.7 Å². The molecule has 0 saturated heterocycles. The summed E-state index contributed by atoms with van der Waals surface area (Å²) in [6.07, 6.45) is 4.87. The third-order valence-corrected chi connectivity index (χ3v) is 2.73. The van der Waals surface area contributed by atoms with E-state index in [0.29, 0.717) is 0 Å². The van der Waals surface area contributed by atoms with Crippen LogP contribution in [-0.2, 0) is 6.54 Å². The van der Waals surface area contributed by atoms with E-state index >= 15 is 0 Å². The van der Waals surface area contributed by atoms with Gasteiger partial charge in [-0.15, -0.1) is 0 Å². The highest BCUT2D eigenvalue weighted by Crippen LogP contribution is 2.18. The molecule has 0 aliphatic rings. The SMILES string of the molecule is CCCn1ccnc1-c1ccc(C(C)=O)cc1. The number of carbonyl (C=O) groups excluding carboxylic acids is 1. The van der Waals surface area contributed by atoms with Gasteiger partial charge in [-0.05, 0) is 13.3 Å². The lowest BCUT2D eigenvalue weighted by Crippen LogP contribution is -1.99. The van der Waals surface area contributed by atoms with Gasteiger partial charge in [-0.25, -0.2) is 4.98 Å². The van der Waals surface area contributed by atoms with E-state index in [1.165, 1.54) is 0 Å². The number of hydrogen-bond acceptors (Lipinski definition) is 2. The Morgan fingerprint density at radius 2 is 2.00 bits per heavy atom. The predicted octanol–water partition coefficient (Wildman–Crippen LogP) is 3.16. The van der Waals surface area contributed by atoms with Gasteiger partial charge in [0, 0.05) is 30.1 Å². The van der Waals surface area contributed by atoms with Gasteiger partial charge < -0.3 is 4.57 Å². The Bertz CT molecular complexity index is 511. The van der Waals surface area contributed by atoms with Crippen LogP contribution in [0.3, 0.4) is 0 Å². The first-order chi connectivity index (χ1) is 8.22. The highest BCUT2D eigenvalue weighted by molar-refractivity contribution is 5.94. The molecule has 17 heavy (non-hydrogen) atoms. The van der Waals surface area contributed by atoms with E-state index < -0.39 is 0 Å². The zero-order valence-electron chi connectivity index (χ0n) is 10.2. The van der Waals surface area contributed by atoms with Gasteiger partial charge >= 0.3 is 0 Å². The number of aryl methyl sites for hydroxylation is 1. The lowest BCUT2D eigenvalue weighted by atomic mass is 10.1. The molecule has 0 unspecified atom stereocenters. The zero-order valence-corrected chi connectivity index (χ0v) is 10.2. The smallest absolute Gasteiger partial charge is 0.159 e. The van der Waals surface area contributed by atoms with Crippen LogP contribution in [0.2, 0.25) is 0 Å². The van der Waals surface area contributed by atoms with Crippen LogP contribution in [0.15, 0.2) is 36.7 Å². The Kier molecular flexibility index (Phi) is 3.38. The summed E-state index contributed by atoms with van der Waals surface area (Å²) in [5, 5.41) is 0. The van der Waals surface area contributed by atoms with E-state index in [9.17, 15) is 4.79 Å². The Morgan fingerprint density at radius 3 is 2.59 bits per heavy atom. The van der Waals surface area contributed by atoms with E-state index in [-0.39, 0.29) is 5.78 Å². The molecule has 2 aromatic rings. The molecule has 0 aliphatic carbocycles. The summed E-state index contributed by atoms with van der Waals surface area (Å²) in [5.74, 6) is 1.05. The molecule has 3 heteroatoms. The van der Waals surface area contributed by atoms with Crippen LogP contribution in [0.5, 0.6) is 0 Å². The number of Topliss-reactive ketones (excluding diaryl/α,β-unsaturated/α-hetero) is 1. The van der Waals surface area contributed by atoms with Crippen molar-refractivity contribution in [2.24, 2.45) is 0 Å². The standard InChI is InChI=1S/C14H16N2O/c1-3-9-16-10-8-15-14(16)13-6-4-12(5-7-13)11(2)17/h4-8,10H,3,9H2,1-2H3. The van der Waals surface area contributed by atoms with Crippen molar-refractivity contribution in [3.63, 3.8) is 0 Å². The van der Waals surface area contributed by atoms with Crippen LogP contribution in [0, 0.1) is 0 Å². The fourth-order valence-electron chi connectivity index (χ4n) is 1.84. The number of rotatable bonds is 4. The Balaban J connectivity index is 2.33. The van der Waals surface area contributed by atoms with Crippen molar-refractivity contribution in [1.82, 2.24) is 9.55 Å². The molecule has 0 fully saturated rings. The monoisotopic (exact) mass is 228 g/mol. The van der Waals surface area contributed by atoms with E-state index in [2.05, 4.69) is 16.5 Å². The number of nitrogens with zero attached hydrogens (tertiary/aromatic N) is 2. The summed E-state index contributed by atoms with van der Waals surface area (Å²) in [7, 11) is 0. The topological polar surface area (TPSA) is 34.9 Å². The normalized spacial score (nSPS) is 10.5. The Hall–Kier alpha value is -1.90. The summed E-state index contributed by atoms with van der Waals surface area (Å²) in [6, 6.07) is 7.60. The van der Waals surface area contributed by atoms with Gasteiger partial charge in [0.15, 0.2) is 5.78 Å². The summed E-state index contributed by atoms with van der Waals surface area (Å²) < 4.78 is 2.13. The van der Waals surface area contributed by atoms with Crippen LogP contribution >= 0.6 is 0 Å². The van der Waals surface area contributed by atoms with Crippen molar-refractivity contribution in [1.29, 1.82) is 0 Å². The van der Waals surface area contributed by atoms with Crippen LogP contribution in [-0.4, -0.2) is 15.3 Å². The first-order valence-corrected chi connectivity index (χ1v) is 5.85. The number of aromatic nitrogens is 2. The van der Waals surface area contributed by atoms with Gasteiger partial charge in [-0.3, -0.25) is 4.79 Å². The van der Waals surface area contributed by atoms with Crippen molar-refractivity contribution in [3.8, 4) is 11.4 Å². The second kappa shape index (κ2) is 4.95. The molecule has 1 aromatic carbocycles. The lowest BCUT2D eigenvalue weighted by Gasteiger charge is -2.06. The Labute approximate surface area is 101 Å². The maximum atomic E-state index is 11.2. The van der Waals surface area contributed by atoms with E-state index in [1.54, 1.807) is 6.92 Å². The average molecular weight is 228 g/mol. The Morgan fingerprint density at radius 1 is 1.29 bits per heavy atom. The number of imidazole rings is 1. The highest BCUT2D eigenvalue weighted by atomic mass is 16.1. The van der Waals surface area contributed by atoms with Gasteiger partial charge in [0.25, 0.3) is 0 Å². The number of benzene rings is 1. The van der Waals surface area contributed by atoms with Crippen molar-refractivity contribution in [3.05, 3.63) is 42.2 Å². The minimum Gasteiger partial charge on any atom is -0.331 e. The van der Waals surface area contributed by atoms with Crippen LogP contribution in [0.4, 0.5) is 0 Å². The molecule has 0 bridgehead atoms. The minimum absolute atomic E-state index is 0.0912. The second-order valence-corrected chi connectivity index (χ2v) is 4.08. The summed E-state index contributed by atoms with van der Waals surface area (Å²) >= 11 is 0. The van der Waals surface area contributed by atoms with Crippen molar-refractivity contribution < 1.29 is 4.79 Å². The molecule has 88 valence electrons. The summed E-state index contributed by atoms with van der Waals surface area (Å²) in [6.45, 7) is 4.68. The van der Waals surface area contributed by atoms with Crippen molar-refractivity contribution >= 4 is 5.78 Å². The van der Waals surface area contributed by atoms with Gasteiger partial charge in [0.2, 0.25) is 0 Å². The first-order valence-electron chi connectivity index (χ1n) is 5.85. The lowest BCUT2D eigenvalue weighted by molar-refractivity contribution is 0.101. The molecule has 2 rings (SSSR count). The van der Waals surface area contributed by atoms with E-state index in [0.717, 1.165) is 29.9 Å². The van der Waals surface area contributed by atoms with Crippen LogP contribution in [0.25, 0.3) is 11.4 Å². The van der Waals surface area contributed by atoms with Crippen LogP contribution in [0.1, 0.15) is 30.6 Å².